The van der Waals surface area contributed by atoms with Crippen molar-refractivity contribution in [3.63, 3.8) is 0 Å². The van der Waals surface area contributed by atoms with Gasteiger partial charge in [-0.3, -0.25) is 4.18 Å². The standard InChI is InChI=1S/C18H24O3S/c1-13-4-8-16(9-5-13)22(19,20)21-11-10-14-6-7-15-12-17(14)18(15,2)3/h4-6,8-9,15,17H,7,10-12H2,1-3H3/t15-,17-/m0/s1. The van der Waals surface area contributed by atoms with Crippen LogP contribution in [0, 0.1) is 24.2 Å². The molecule has 0 saturated heterocycles. The maximum Gasteiger partial charge on any atom is 0.296 e. The highest BCUT2D eigenvalue weighted by Gasteiger charge is 2.50. The molecule has 3 aliphatic carbocycles. The molecule has 2 bridgehead atoms. The first-order chi connectivity index (χ1) is 10.3. The van der Waals surface area contributed by atoms with Crippen molar-refractivity contribution in [2.24, 2.45) is 17.3 Å². The van der Waals surface area contributed by atoms with E-state index in [1.807, 2.05) is 6.92 Å². The van der Waals surface area contributed by atoms with E-state index in [1.165, 1.54) is 12.0 Å². The maximum atomic E-state index is 12.2. The molecule has 0 spiro atoms. The van der Waals surface area contributed by atoms with Crippen molar-refractivity contribution in [2.75, 3.05) is 6.61 Å². The Labute approximate surface area is 133 Å². The van der Waals surface area contributed by atoms with Gasteiger partial charge in [0.2, 0.25) is 0 Å². The lowest BCUT2D eigenvalue weighted by atomic mass is 9.48. The van der Waals surface area contributed by atoms with Crippen molar-refractivity contribution in [3.8, 4) is 0 Å². The molecule has 0 amide bonds. The van der Waals surface area contributed by atoms with Crippen LogP contribution in [0.1, 0.15) is 38.7 Å². The summed E-state index contributed by atoms with van der Waals surface area (Å²) in [5.41, 5.74) is 2.79. The van der Waals surface area contributed by atoms with Crippen LogP contribution in [0.3, 0.4) is 0 Å². The Hall–Kier alpha value is -1.13. The normalized spacial score (nSPS) is 26.2. The Morgan fingerprint density at radius 3 is 2.50 bits per heavy atom. The molecule has 0 radical (unpaired) electrons. The molecule has 1 aromatic rings. The molecule has 120 valence electrons. The second kappa shape index (κ2) is 5.50. The summed E-state index contributed by atoms with van der Waals surface area (Å²) in [6, 6.07) is 6.78. The van der Waals surface area contributed by atoms with Gasteiger partial charge in [-0.15, -0.1) is 0 Å². The highest BCUT2D eigenvalue weighted by Crippen LogP contribution is 2.59. The number of rotatable bonds is 5. The van der Waals surface area contributed by atoms with Gasteiger partial charge in [0.1, 0.15) is 0 Å². The summed E-state index contributed by atoms with van der Waals surface area (Å²) in [6.07, 6.45) is 5.39. The van der Waals surface area contributed by atoms with Gasteiger partial charge in [0.25, 0.3) is 10.1 Å². The minimum atomic E-state index is -3.64. The fourth-order valence-electron chi connectivity index (χ4n) is 3.80. The summed E-state index contributed by atoms with van der Waals surface area (Å²) < 4.78 is 29.5. The average molecular weight is 320 g/mol. The Morgan fingerprint density at radius 2 is 1.91 bits per heavy atom. The molecule has 1 aromatic carbocycles. The quantitative estimate of drug-likeness (QED) is 0.606. The third kappa shape index (κ3) is 2.74. The molecule has 0 aromatic heterocycles. The number of hydrogen-bond acceptors (Lipinski definition) is 3. The molecule has 2 atom stereocenters. The van der Waals surface area contributed by atoms with Gasteiger partial charge in [0, 0.05) is 0 Å². The molecule has 0 heterocycles. The van der Waals surface area contributed by atoms with E-state index in [4.69, 9.17) is 4.18 Å². The van der Waals surface area contributed by atoms with E-state index in [1.54, 1.807) is 24.3 Å². The predicted molar refractivity (Wildman–Crippen MR) is 87.0 cm³/mol. The summed E-state index contributed by atoms with van der Waals surface area (Å²) in [6.45, 7) is 6.81. The van der Waals surface area contributed by atoms with Crippen LogP contribution >= 0.6 is 0 Å². The van der Waals surface area contributed by atoms with Gasteiger partial charge in [0.15, 0.2) is 0 Å². The first-order valence-electron chi connectivity index (χ1n) is 7.96. The second-order valence-corrected chi connectivity index (χ2v) is 8.78. The summed E-state index contributed by atoms with van der Waals surface area (Å²) in [7, 11) is -3.64. The van der Waals surface area contributed by atoms with Crippen LogP contribution < -0.4 is 0 Å². The summed E-state index contributed by atoms with van der Waals surface area (Å²) in [4.78, 5) is 0.236. The summed E-state index contributed by atoms with van der Waals surface area (Å²) >= 11 is 0. The lowest BCUT2D eigenvalue weighted by Gasteiger charge is -2.56. The van der Waals surface area contributed by atoms with Crippen LogP contribution in [0.2, 0.25) is 0 Å². The lowest BCUT2D eigenvalue weighted by molar-refractivity contribution is -0.00910. The molecule has 22 heavy (non-hydrogen) atoms. The molecule has 0 aliphatic heterocycles. The zero-order valence-corrected chi connectivity index (χ0v) is 14.3. The molecule has 0 unspecified atom stereocenters. The van der Waals surface area contributed by atoms with Crippen molar-refractivity contribution >= 4 is 10.1 Å². The van der Waals surface area contributed by atoms with E-state index in [-0.39, 0.29) is 11.5 Å². The van der Waals surface area contributed by atoms with E-state index in [0.29, 0.717) is 17.8 Å². The molecule has 0 N–H and O–H groups in total. The van der Waals surface area contributed by atoms with E-state index in [9.17, 15) is 8.42 Å². The minimum Gasteiger partial charge on any atom is -0.266 e. The summed E-state index contributed by atoms with van der Waals surface area (Å²) in [5, 5.41) is 0. The Bertz CT molecular complexity index is 684. The third-order valence-electron chi connectivity index (χ3n) is 5.52. The van der Waals surface area contributed by atoms with Gasteiger partial charge < -0.3 is 0 Å². The molecule has 3 aliphatic rings. The van der Waals surface area contributed by atoms with Crippen LogP contribution in [0.5, 0.6) is 0 Å². The highest BCUT2D eigenvalue weighted by molar-refractivity contribution is 7.86. The van der Waals surface area contributed by atoms with Gasteiger partial charge >= 0.3 is 0 Å². The number of allylic oxidation sites excluding steroid dienone is 1. The number of benzene rings is 1. The summed E-state index contributed by atoms with van der Waals surface area (Å²) in [5.74, 6) is 1.41. The van der Waals surface area contributed by atoms with Crippen LogP contribution in [-0.2, 0) is 14.3 Å². The largest absolute Gasteiger partial charge is 0.296 e. The highest BCUT2D eigenvalue weighted by atomic mass is 32.2. The van der Waals surface area contributed by atoms with Crippen molar-refractivity contribution < 1.29 is 12.6 Å². The molecule has 4 rings (SSSR count). The van der Waals surface area contributed by atoms with E-state index >= 15 is 0 Å². The second-order valence-electron chi connectivity index (χ2n) is 7.16. The van der Waals surface area contributed by atoms with E-state index in [0.717, 1.165) is 17.9 Å². The fourth-order valence-corrected chi connectivity index (χ4v) is 4.71. The lowest BCUT2D eigenvalue weighted by Crippen LogP contribution is -2.48. The third-order valence-corrected chi connectivity index (χ3v) is 6.85. The monoisotopic (exact) mass is 320 g/mol. The van der Waals surface area contributed by atoms with Crippen molar-refractivity contribution in [1.82, 2.24) is 0 Å². The van der Waals surface area contributed by atoms with Crippen LogP contribution in [0.4, 0.5) is 0 Å². The molecular weight excluding hydrogens is 296 g/mol. The van der Waals surface area contributed by atoms with Gasteiger partial charge in [-0.25, -0.2) is 0 Å². The van der Waals surface area contributed by atoms with Crippen LogP contribution in [0.25, 0.3) is 0 Å². The fraction of sp³-hybridized carbons (Fsp3) is 0.556. The average Bonchev–Trinajstić information content (AvgIpc) is 2.47. The number of fused-ring (bicyclic) bond motifs is 1. The van der Waals surface area contributed by atoms with E-state index < -0.39 is 10.1 Å². The maximum absolute atomic E-state index is 12.2. The molecule has 1 fully saturated rings. The smallest absolute Gasteiger partial charge is 0.266 e. The Kier molecular flexibility index (Phi) is 3.94. The van der Waals surface area contributed by atoms with Crippen molar-refractivity contribution in [2.45, 2.75) is 44.9 Å². The van der Waals surface area contributed by atoms with Crippen LogP contribution in [0.15, 0.2) is 40.8 Å². The first kappa shape index (κ1) is 15.8. The Balaban J connectivity index is 1.59. The zero-order chi connectivity index (χ0) is 16.0. The Morgan fingerprint density at radius 1 is 1.23 bits per heavy atom. The van der Waals surface area contributed by atoms with Crippen LogP contribution in [-0.4, -0.2) is 15.0 Å². The minimum absolute atomic E-state index is 0.235. The molecule has 1 saturated carbocycles. The van der Waals surface area contributed by atoms with Crippen molar-refractivity contribution in [1.29, 1.82) is 0 Å². The molecular formula is C18H24O3S. The van der Waals surface area contributed by atoms with Gasteiger partial charge in [-0.1, -0.05) is 43.2 Å². The first-order valence-corrected chi connectivity index (χ1v) is 9.36. The molecule has 3 nitrogen and oxygen atoms in total. The molecule has 4 heteroatoms. The van der Waals surface area contributed by atoms with Crippen molar-refractivity contribution in [3.05, 3.63) is 41.5 Å². The number of hydrogen-bond donors (Lipinski definition) is 0. The van der Waals surface area contributed by atoms with Gasteiger partial charge in [-0.2, -0.15) is 8.42 Å². The van der Waals surface area contributed by atoms with Gasteiger partial charge in [0.05, 0.1) is 11.5 Å². The predicted octanol–water partition coefficient (Wildman–Crippen LogP) is 4.08. The zero-order valence-electron chi connectivity index (χ0n) is 13.5. The number of aryl methyl sites for hydroxylation is 1. The topological polar surface area (TPSA) is 43.4 Å². The SMILES string of the molecule is Cc1ccc(S(=O)(=O)OCCC2=CC[C@H]3C[C@@H]2C3(C)C)cc1. The van der Waals surface area contributed by atoms with E-state index in [2.05, 4.69) is 19.9 Å². The van der Waals surface area contributed by atoms with Gasteiger partial charge in [-0.05, 0) is 55.6 Å².